The van der Waals surface area contributed by atoms with E-state index >= 15 is 0 Å². The molecule has 0 saturated heterocycles. The quantitative estimate of drug-likeness (QED) is 0.436. The number of imidazole rings is 1. The molecule has 0 unspecified atom stereocenters. The lowest BCUT2D eigenvalue weighted by molar-refractivity contribution is 0.0700. The average Bonchev–Trinajstić information content (AvgIpc) is 3.23. The van der Waals surface area contributed by atoms with E-state index in [2.05, 4.69) is 15.0 Å². The van der Waals surface area contributed by atoms with E-state index < -0.39 is 0 Å². The number of fused-ring (bicyclic) bond motifs is 3. The zero-order chi connectivity index (χ0) is 21.4. The van der Waals surface area contributed by atoms with Crippen molar-refractivity contribution in [3.05, 3.63) is 28.8 Å². The van der Waals surface area contributed by atoms with Crippen LogP contribution in [0, 0.1) is 6.92 Å². The Morgan fingerprint density at radius 1 is 1.23 bits per heavy atom. The minimum absolute atomic E-state index is 0.0258. The molecule has 4 rings (SSSR count). The predicted molar refractivity (Wildman–Crippen MR) is 121 cm³/mol. The molecule has 0 spiro atoms. The van der Waals surface area contributed by atoms with Crippen LogP contribution in [0.1, 0.15) is 47.5 Å². The Hall–Kier alpha value is -3.14. The molecule has 0 aliphatic heterocycles. The van der Waals surface area contributed by atoms with E-state index in [0.29, 0.717) is 11.7 Å². The van der Waals surface area contributed by atoms with Crippen LogP contribution in [0.2, 0.25) is 0 Å². The molecule has 10 heteroatoms. The fourth-order valence-electron chi connectivity index (χ4n) is 4.05. The molecule has 3 aromatic rings. The van der Waals surface area contributed by atoms with Crippen LogP contribution in [0.3, 0.4) is 0 Å². The minimum Gasteiger partial charge on any atom is -0.370 e. The SMILES string of the molecule is Cc1c(C(=O)N(C)C2CCCCC2)sc2nc3ccc(N=C(N)N=C(N)N)cc3n12. The van der Waals surface area contributed by atoms with Gasteiger partial charge in [-0.25, -0.2) is 9.98 Å². The highest BCUT2D eigenvalue weighted by Gasteiger charge is 2.27. The lowest BCUT2D eigenvalue weighted by atomic mass is 9.94. The fourth-order valence-corrected chi connectivity index (χ4v) is 5.18. The van der Waals surface area contributed by atoms with Gasteiger partial charge < -0.3 is 22.1 Å². The van der Waals surface area contributed by atoms with Crippen LogP contribution in [-0.4, -0.2) is 45.2 Å². The second-order valence-corrected chi connectivity index (χ2v) is 8.61. The zero-order valence-corrected chi connectivity index (χ0v) is 17.9. The van der Waals surface area contributed by atoms with Gasteiger partial charge >= 0.3 is 0 Å². The highest BCUT2D eigenvalue weighted by molar-refractivity contribution is 7.19. The Kier molecular flexibility index (Phi) is 5.33. The topological polar surface area (TPSA) is 140 Å². The van der Waals surface area contributed by atoms with Gasteiger partial charge in [-0.15, -0.1) is 0 Å². The van der Waals surface area contributed by atoms with Crippen LogP contribution in [-0.2, 0) is 0 Å². The van der Waals surface area contributed by atoms with E-state index in [1.54, 1.807) is 6.07 Å². The summed E-state index contributed by atoms with van der Waals surface area (Å²) < 4.78 is 2.00. The van der Waals surface area contributed by atoms with Crippen LogP contribution in [0.25, 0.3) is 16.0 Å². The molecule has 2 aromatic heterocycles. The molecule has 158 valence electrons. The molecular formula is C20H26N8OS. The summed E-state index contributed by atoms with van der Waals surface area (Å²) in [6, 6.07) is 5.85. The minimum atomic E-state index is -0.150. The maximum absolute atomic E-state index is 13.2. The summed E-state index contributed by atoms with van der Waals surface area (Å²) in [5.74, 6) is -0.112. The van der Waals surface area contributed by atoms with E-state index in [1.807, 2.05) is 35.4 Å². The lowest BCUT2D eigenvalue weighted by Gasteiger charge is -2.31. The number of carbonyl (C=O) groups is 1. The van der Waals surface area contributed by atoms with Gasteiger partial charge in [0.15, 0.2) is 10.9 Å². The molecule has 0 radical (unpaired) electrons. The van der Waals surface area contributed by atoms with Gasteiger partial charge in [0.1, 0.15) is 4.88 Å². The van der Waals surface area contributed by atoms with Crippen LogP contribution in [0.4, 0.5) is 5.69 Å². The summed E-state index contributed by atoms with van der Waals surface area (Å²) >= 11 is 1.42. The average molecular weight is 427 g/mol. The van der Waals surface area contributed by atoms with E-state index in [4.69, 9.17) is 17.2 Å². The molecule has 0 atom stereocenters. The number of aryl methyl sites for hydroxylation is 1. The Morgan fingerprint density at radius 3 is 2.67 bits per heavy atom. The third-order valence-corrected chi connectivity index (χ3v) is 6.72. The van der Waals surface area contributed by atoms with E-state index in [0.717, 1.165) is 39.4 Å². The van der Waals surface area contributed by atoms with Gasteiger partial charge in [0, 0.05) is 18.8 Å². The second kappa shape index (κ2) is 7.94. The molecule has 1 aliphatic rings. The number of guanidine groups is 2. The van der Waals surface area contributed by atoms with Crippen LogP contribution >= 0.6 is 11.3 Å². The number of aromatic nitrogens is 2. The summed E-state index contributed by atoms with van der Waals surface area (Å²) in [5, 5.41) is 0. The standard InChI is InChI=1S/C20H26N8OS/c1-11-16(17(29)27(2)13-6-4-3-5-7-13)30-20-25-14-9-8-12(10-15(14)28(11)20)24-19(23)26-18(21)22/h8-10,13H,3-7H2,1-2H3,(H6,21,22,23,24,26). The van der Waals surface area contributed by atoms with Crippen molar-refractivity contribution in [1.29, 1.82) is 0 Å². The first kappa shape index (κ1) is 20.1. The number of thiazole rings is 1. The van der Waals surface area contributed by atoms with Gasteiger partial charge in [0.05, 0.1) is 16.7 Å². The number of rotatable bonds is 3. The largest absolute Gasteiger partial charge is 0.370 e. The van der Waals surface area contributed by atoms with Crippen LogP contribution in [0.5, 0.6) is 0 Å². The molecule has 1 amide bonds. The van der Waals surface area contributed by atoms with Crippen molar-refractivity contribution in [3.8, 4) is 0 Å². The number of hydrogen-bond donors (Lipinski definition) is 3. The number of hydrogen-bond acceptors (Lipinski definition) is 4. The normalized spacial score (nSPS) is 15.6. The lowest BCUT2D eigenvalue weighted by Crippen LogP contribution is -2.38. The molecule has 6 N–H and O–H groups in total. The van der Waals surface area contributed by atoms with Gasteiger partial charge in [-0.1, -0.05) is 30.6 Å². The smallest absolute Gasteiger partial charge is 0.265 e. The third-order valence-electron chi connectivity index (χ3n) is 5.59. The molecule has 1 aromatic carbocycles. The molecule has 1 saturated carbocycles. The zero-order valence-electron chi connectivity index (χ0n) is 17.1. The number of nitrogens with zero attached hydrogens (tertiary/aromatic N) is 5. The molecule has 2 heterocycles. The van der Waals surface area contributed by atoms with Crippen molar-refractivity contribution >= 4 is 50.8 Å². The monoisotopic (exact) mass is 426 g/mol. The predicted octanol–water partition coefficient (Wildman–Crippen LogP) is 2.48. The number of carbonyl (C=O) groups excluding carboxylic acids is 1. The third kappa shape index (κ3) is 3.70. The molecule has 1 aliphatic carbocycles. The molecular weight excluding hydrogens is 400 g/mol. The van der Waals surface area contributed by atoms with Crippen LogP contribution < -0.4 is 17.2 Å². The molecule has 0 bridgehead atoms. The number of benzene rings is 1. The Morgan fingerprint density at radius 2 is 1.97 bits per heavy atom. The summed E-state index contributed by atoms with van der Waals surface area (Å²) in [6.45, 7) is 1.95. The highest BCUT2D eigenvalue weighted by atomic mass is 32.1. The van der Waals surface area contributed by atoms with Crippen molar-refractivity contribution in [2.24, 2.45) is 27.2 Å². The fraction of sp³-hybridized carbons (Fsp3) is 0.400. The Bertz CT molecular complexity index is 1160. The summed E-state index contributed by atoms with van der Waals surface area (Å²) in [5.41, 5.74) is 19.6. The summed E-state index contributed by atoms with van der Waals surface area (Å²) in [7, 11) is 1.91. The highest BCUT2D eigenvalue weighted by Crippen LogP contribution is 2.32. The van der Waals surface area contributed by atoms with Crippen LogP contribution in [0.15, 0.2) is 28.2 Å². The van der Waals surface area contributed by atoms with Crippen molar-refractivity contribution in [1.82, 2.24) is 14.3 Å². The van der Waals surface area contributed by atoms with Gasteiger partial charge in [-0.2, -0.15) is 4.99 Å². The van der Waals surface area contributed by atoms with Gasteiger partial charge in [0.25, 0.3) is 5.91 Å². The van der Waals surface area contributed by atoms with Gasteiger partial charge in [-0.3, -0.25) is 9.20 Å². The van der Waals surface area contributed by atoms with E-state index in [9.17, 15) is 4.79 Å². The maximum atomic E-state index is 13.2. The summed E-state index contributed by atoms with van der Waals surface area (Å²) in [4.78, 5) is 29.3. The first-order chi connectivity index (χ1) is 14.3. The van der Waals surface area contributed by atoms with Crippen molar-refractivity contribution in [2.75, 3.05) is 7.05 Å². The Balaban J connectivity index is 1.72. The second-order valence-electron chi connectivity index (χ2n) is 7.63. The molecule has 30 heavy (non-hydrogen) atoms. The van der Waals surface area contributed by atoms with Crippen molar-refractivity contribution in [2.45, 2.75) is 45.1 Å². The molecule has 9 nitrogen and oxygen atoms in total. The Labute approximate surface area is 178 Å². The van der Waals surface area contributed by atoms with Crippen molar-refractivity contribution in [3.63, 3.8) is 0 Å². The number of nitrogens with two attached hydrogens (primary N) is 3. The van der Waals surface area contributed by atoms with Crippen molar-refractivity contribution < 1.29 is 4.79 Å². The van der Waals surface area contributed by atoms with Gasteiger partial charge in [-0.05, 0) is 38.0 Å². The van der Waals surface area contributed by atoms with E-state index in [1.165, 1.54) is 30.6 Å². The van der Waals surface area contributed by atoms with E-state index in [-0.39, 0.29) is 17.8 Å². The first-order valence-corrected chi connectivity index (χ1v) is 10.8. The first-order valence-electron chi connectivity index (χ1n) is 9.97. The molecule has 1 fully saturated rings. The number of aliphatic imine (C=N–C) groups is 2. The summed E-state index contributed by atoms with van der Waals surface area (Å²) in [6.07, 6.45) is 5.78. The van der Waals surface area contributed by atoms with Gasteiger partial charge in [0.2, 0.25) is 5.96 Å². The number of amides is 1. The maximum Gasteiger partial charge on any atom is 0.265 e.